The third kappa shape index (κ3) is 6.57. The maximum absolute atomic E-state index is 14.2. The van der Waals surface area contributed by atoms with Crippen LogP contribution in [0.15, 0.2) is 41.4 Å². The lowest BCUT2D eigenvalue weighted by Crippen LogP contribution is -2.40. The second kappa shape index (κ2) is 12.5. The molecule has 3 aromatic rings. The number of methoxy groups -OCH3 is 1. The minimum Gasteiger partial charge on any atom is -0.493 e. The Morgan fingerprint density at radius 2 is 2.00 bits per heavy atom. The lowest BCUT2D eigenvalue weighted by Gasteiger charge is -2.33. The summed E-state index contributed by atoms with van der Waals surface area (Å²) >= 11 is 0. The largest absolute Gasteiger partial charge is 0.493 e. The number of primary amides is 1. The zero-order chi connectivity index (χ0) is 28.9. The first-order valence-electron chi connectivity index (χ1n) is 13.4. The van der Waals surface area contributed by atoms with Crippen molar-refractivity contribution in [1.29, 1.82) is 0 Å². The maximum Gasteiger partial charge on any atom is 0.223 e. The number of benzene rings is 2. The fourth-order valence-corrected chi connectivity index (χ4v) is 5.22. The number of nitrogens with one attached hydrogen (secondary N) is 2. The Kier molecular flexibility index (Phi) is 8.64. The molecule has 1 aromatic heterocycles. The molecule has 41 heavy (non-hydrogen) atoms. The van der Waals surface area contributed by atoms with Gasteiger partial charge in [0.15, 0.2) is 17.3 Å². The molecule has 0 bridgehead atoms. The monoisotopic (exact) mass is 569 g/mol. The van der Waals surface area contributed by atoms with Gasteiger partial charge in [-0.05, 0) is 44.0 Å². The fraction of sp³-hybridized carbons (Fsp3) is 0.393. The number of hydrogen-bond acceptors (Lipinski definition) is 8. The van der Waals surface area contributed by atoms with E-state index in [1.165, 1.54) is 19.2 Å². The zero-order valence-corrected chi connectivity index (χ0v) is 22.7. The molecule has 11 nitrogen and oxygen atoms in total. The molecule has 5 N–H and O–H groups in total. The summed E-state index contributed by atoms with van der Waals surface area (Å²) in [5.41, 5.74) is 7.29. The summed E-state index contributed by atoms with van der Waals surface area (Å²) in [5, 5.41) is 19.7. The van der Waals surface area contributed by atoms with Crippen LogP contribution in [0.5, 0.6) is 11.5 Å². The summed E-state index contributed by atoms with van der Waals surface area (Å²) in [6.07, 6.45) is 2.84. The van der Waals surface area contributed by atoms with Crippen LogP contribution in [0.25, 0.3) is 0 Å². The van der Waals surface area contributed by atoms with E-state index < -0.39 is 17.5 Å². The number of H-pyrrole nitrogens is 1. The van der Waals surface area contributed by atoms with E-state index in [0.29, 0.717) is 40.9 Å². The first kappa shape index (κ1) is 28.3. The molecule has 2 aliphatic heterocycles. The quantitative estimate of drug-likeness (QED) is 0.259. The lowest BCUT2D eigenvalue weighted by atomic mass is 10.1. The second-order valence-electron chi connectivity index (χ2n) is 9.99. The average molecular weight is 570 g/mol. The van der Waals surface area contributed by atoms with Crippen LogP contribution in [0.3, 0.4) is 0 Å². The summed E-state index contributed by atoms with van der Waals surface area (Å²) in [6.45, 7) is 2.57. The van der Waals surface area contributed by atoms with Gasteiger partial charge in [0.25, 0.3) is 0 Å². The number of rotatable bonds is 11. The number of aromatic nitrogens is 2. The molecular formula is C28H33F2N7O4. The number of nitrogens with zero attached hydrogens (tertiary/aromatic N) is 4. The Hall–Kier alpha value is -4.23. The number of anilines is 2. The molecule has 3 heterocycles. The Balaban J connectivity index is 1.43. The third-order valence-electron chi connectivity index (χ3n) is 7.15. The van der Waals surface area contributed by atoms with Gasteiger partial charge < -0.3 is 30.5 Å². The molecular weight excluding hydrogens is 536 g/mol. The Morgan fingerprint density at radius 3 is 2.73 bits per heavy atom. The molecule has 0 unspecified atom stereocenters. The standard InChI is InChI=1S/C28H33F2N7O4/c1-40-24-13-22-23(14-25(24)41-7-3-6-36-5-2-4-20(36)15-38)32-16-37(21-9-17(29)8-18(30)10-21)28(22)33-27-12-19(34-35-27)11-26(31)39/h8-10,12-14,20,32,38H,2-7,11,15-16H2,1H3,(H2,31,39)(H,34,35)/t20-/m1/s1. The number of aliphatic hydroxyl groups is 1. The fourth-order valence-electron chi connectivity index (χ4n) is 5.22. The Morgan fingerprint density at radius 1 is 1.20 bits per heavy atom. The van der Waals surface area contributed by atoms with Crippen molar-refractivity contribution in [3.8, 4) is 11.5 Å². The van der Waals surface area contributed by atoms with Gasteiger partial charge in [0, 0.05) is 42.0 Å². The molecule has 0 spiro atoms. The number of aromatic amines is 1. The van der Waals surface area contributed by atoms with Crippen molar-refractivity contribution in [2.24, 2.45) is 10.7 Å². The lowest BCUT2D eigenvalue weighted by molar-refractivity contribution is -0.117. The number of halogens is 2. The first-order valence-corrected chi connectivity index (χ1v) is 13.4. The van der Waals surface area contributed by atoms with Gasteiger partial charge >= 0.3 is 0 Å². The number of aliphatic imine (C=N–C) groups is 1. The van der Waals surface area contributed by atoms with Gasteiger partial charge in [0.1, 0.15) is 17.5 Å². The number of aliphatic hydroxyl groups excluding tert-OH is 1. The maximum atomic E-state index is 14.2. The number of nitrogens with two attached hydrogens (primary N) is 1. The van der Waals surface area contributed by atoms with Gasteiger partial charge in [-0.2, -0.15) is 5.10 Å². The Labute approximate surface area is 235 Å². The van der Waals surface area contributed by atoms with Crippen molar-refractivity contribution in [3.63, 3.8) is 0 Å². The van der Waals surface area contributed by atoms with E-state index in [1.54, 1.807) is 17.0 Å². The number of carbonyl (C=O) groups is 1. The van der Waals surface area contributed by atoms with E-state index in [1.807, 2.05) is 6.07 Å². The number of likely N-dealkylation sites (tertiary alicyclic amines) is 1. The van der Waals surface area contributed by atoms with E-state index in [-0.39, 0.29) is 37.2 Å². The molecule has 1 saturated heterocycles. The highest BCUT2D eigenvalue weighted by Crippen LogP contribution is 2.38. The van der Waals surface area contributed by atoms with Crippen molar-refractivity contribution in [2.45, 2.75) is 31.7 Å². The van der Waals surface area contributed by atoms with E-state index in [4.69, 9.17) is 15.2 Å². The van der Waals surface area contributed by atoms with Crippen molar-refractivity contribution < 1.29 is 28.2 Å². The zero-order valence-electron chi connectivity index (χ0n) is 22.7. The van der Waals surface area contributed by atoms with Gasteiger partial charge in [-0.3, -0.25) is 14.8 Å². The predicted molar refractivity (Wildman–Crippen MR) is 150 cm³/mol. The van der Waals surface area contributed by atoms with Crippen LogP contribution >= 0.6 is 0 Å². The number of fused-ring (bicyclic) bond motifs is 1. The van der Waals surface area contributed by atoms with Crippen LogP contribution in [-0.2, 0) is 11.2 Å². The van der Waals surface area contributed by atoms with Crippen LogP contribution in [0.2, 0.25) is 0 Å². The van der Waals surface area contributed by atoms with Crippen LogP contribution in [0.1, 0.15) is 30.5 Å². The molecule has 1 amide bonds. The van der Waals surface area contributed by atoms with Crippen molar-refractivity contribution in [1.82, 2.24) is 15.1 Å². The molecule has 1 atom stereocenters. The van der Waals surface area contributed by atoms with E-state index in [9.17, 15) is 18.7 Å². The topological polar surface area (TPSA) is 141 Å². The summed E-state index contributed by atoms with van der Waals surface area (Å²) < 4.78 is 40.1. The number of carbonyl (C=O) groups excluding carboxylic acids is 1. The molecule has 1 fully saturated rings. The van der Waals surface area contributed by atoms with Crippen LogP contribution in [0.4, 0.5) is 26.0 Å². The summed E-state index contributed by atoms with van der Waals surface area (Å²) in [5.74, 6) is -0.377. The first-order chi connectivity index (χ1) is 19.8. The van der Waals surface area contributed by atoms with Crippen LogP contribution < -0.4 is 25.4 Å². The molecule has 218 valence electrons. The molecule has 2 aliphatic rings. The van der Waals surface area contributed by atoms with E-state index in [0.717, 1.165) is 38.4 Å². The number of amidine groups is 1. The highest BCUT2D eigenvalue weighted by molar-refractivity contribution is 6.16. The minimum absolute atomic E-state index is 0.0399. The average Bonchev–Trinajstić information content (AvgIpc) is 3.58. The van der Waals surface area contributed by atoms with E-state index >= 15 is 0 Å². The second-order valence-corrected chi connectivity index (χ2v) is 9.99. The van der Waals surface area contributed by atoms with Gasteiger partial charge in [0.2, 0.25) is 5.91 Å². The number of hydrogen-bond donors (Lipinski definition) is 4. The van der Waals surface area contributed by atoms with Gasteiger partial charge in [-0.15, -0.1) is 0 Å². The molecule has 0 aliphatic carbocycles. The molecule has 0 saturated carbocycles. The molecule has 0 radical (unpaired) electrons. The molecule has 2 aromatic carbocycles. The minimum atomic E-state index is -0.728. The summed E-state index contributed by atoms with van der Waals surface area (Å²) in [4.78, 5) is 19.9. The third-order valence-corrected chi connectivity index (χ3v) is 7.15. The highest BCUT2D eigenvalue weighted by atomic mass is 19.1. The summed E-state index contributed by atoms with van der Waals surface area (Å²) in [7, 11) is 1.53. The molecule has 13 heteroatoms. The SMILES string of the molecule is COc1cc2c(cc1OCCCN1CCC[C@@H]1CO)NCN(c1cc(F)cc(F)c1)C2=Nc1cc(CC(N)=O)[nH]n1. The van der Waals surface area contributed by atoms with Crippen molar-refractivity contribution in [2.75, 3.05) is 50.3 Å². The van der Waals surface area contributed by atoms with Gasteiger partial charge in [-0.1, -0.05) is 0 Å². The van der Waals surface area contributed by atoms with Gasteiger partial charge in [-0.25, -0.2) is 13.8 Å². The highest BCUT2D eigenvalue weighted by Gasteiger charge is 2.28. The smallest absolute Gasteiger partial charge is 0.223 e. The Bertz CT molecular complexity index is 1410. The summed E-state index contributed by atoms with van der Waals surface area (Å²) in [6, 6.07) is 8.58. The number of ether oxygens (including phenoxy) is 2. The van der Waals surface area contributed by atoms with E-state index in [2.05, 4.69) is 25.4 Å². The predicted octanol–water partition coefficient (Wildman–Crippen LogP) is 2.92. The normalized spacial score (nSPS) is 17.9. The van der Waals surface area contributed by atoms with Crippen molar-refractivity contribution >= 4 is 28.9 Å². The van der Waals surface area contributed by atoms with Gasteiger partial charge in [0.05, 0.1) is 44.8 Å². The van der Waals surface area contributed by atoms with Crippen LogP contribution in [0, 0.1) is 11.6 Å². The molecule has 5 rings (SSSR count). The van der Waals surface area contributed by atoms with Crippen LogP contribution in [-0.4, -0.2) is 78.1 Å². The van der Waals surface area contributed by atoms with Crippen molar-refractivity contribution in [3.05, 3.63) is 59.3 Å². The number of amides is 1.